The molecule has 4 nitrogen and oxygen atoms in total. The second kappa shape index (κ2) is 6.26. The van der Waals surface area contributed by atoms with Crippen LogP contribution in [-0.2, 0) is 6.54 Å². The lowest BCUT2D eigenvalue weighted by atomic mass is 10.2. The van der Waals surface area contributed by atoms with Gasteiger partial charge < -0.3 is 5.32 Å². The molecule has 0 spiro atoms. The quantitative estimate of drug-likeness (QED) is 0.800. The van der Waals surface area contributed by atoms with E-state index in [-0.39, 0.29) is 5.91 Å². The van der Waals surface area contributed by atoms with E-state index in [2.05, 4.69) is 10.4 Å². The predicted molar refractivity (Wildman–Crippen MR) is 86.9 cm³/mol. The fraction of sp³-hybridized carbons (Fsp3) is 0.111. The molecule has 0 radical (unpaired) electrons. The van der Waals surface area contributed by atoms with E-state index >= 15 is 0 Å². The summed E-state index contributed by atoms with van der Waals surface area (Å²) in [5.74, 6) is -0.136. The Morgan fingerprint density at radius 1 is 1.05 bits per heavy atom. The van der Waals surface area contributed by atoms with Crippen molar-refractivity contribution in [3.63, 3.8) is 0 Å². The third-order valence-corrected chi connectivity index (χ3v) is 3.55. The Morgan fingerprint density at radius 3 is 2.36 bits per heavy atom. The first-order chi connectivity index (χ1) is 10.7. The summed E-state index contributed by atoms with van der Waals surface area (Å²) in [5, 5.41) is 7.21. The van der Waals surface area contributed by atoms with E-state index in [0.29, 0.717) is 12.1 Å². The van der Waals surface area contributed by atoms with Crippen molar-refractivity contribution in [3.8, 4) is 0 Å². The fourth-order valence-corrected chi connectivity index (χ4v) is 2.31. The lowest BCUT2D eigenvalue weighted by Gasteiger charge is -2.07. The topological polar surface area (TPSA) is 46.9 Å². The van der Waals surface area contributed by atoms with Crippen LogP contribution in [0.4, 0.5) is 5.69 Å². The highest BCUT2D eigenvalue weighted by Gasteiger charge is 2.14. The van der Waals surface area contributed by atoms with E-state index < -0.39 is 0 Å². The van der Waals surface area contributed by atoms with Crippen LogP contribution in [0.15, 0.2) is 66.9 Å². The van der Waals surface area contributed by atoms with Gasteiger partial charge >= 0.3 is 0 Å². The van der Waals surface area contributed by atoms with Gasteiger partial charge in [-0.15, -0.1) is 0 Å². The first-order valence-corrected chi connectivity index (χ1v) is 7.17. The Morgan fingerprint density at radius 2 is 1.68 bits per heavy atom. The number of aromatic nitrogens is 2. The van der Waals surface area contributed by atoms with Gasteiger partial charge in [-0.3, -0.25) is 9.48 Å². The number of carbonyl (C=O) groups is 1. The first-order valence-electron chi connectivity index (χ1n) is 7.17. The summed E-state index contributed by atoms with van der Waals surface area (Å²) >= 11 is 0. The maximum atomic E-state index is 12.3. The Kier molecular flexibility index (Phi) is 4.01. The van der Waals surface area contributed by atoms with Crippen molar-refractivity contribution in [2.45, 2.75) is 13.5 Å². The van der Waals surface area contributed by atoms with E-state index in [1.54, 1.807) is 6.20 Å². The van der Waals surface area contributed by atoms with Crippen LogP contribution in [0, 0.1) is 6.92 Å². The number of hydrogen-bond acceptors (Lipinski definition) is 2. The van der Waals surface area contributed by atoms with Crippen molar-refractivity contribution in [1.82, 2.24) is 9.78 Å². The van der Waals surface area contributed by atoms with Crippen molar-refractivity contribution < 1.29 is 4.79 Å². The number of amides is 1. The van der Waals surface area contributed by atoms with Crippen molar-refractivity contribution in [1.29, 1.82) is 0 Å². The minimum absolute atomic E-state index is 0.136. The summed E-state index contributed by atoms with van der Waals surface area (Å²) in [6, 6.07) is 19.5. The third kappa shape index (κ3) is 3.06. The monoisotopic (exact) mass is 291 g/mol. The normalized spacial score (nSPS) is 10.4. The second-order valence-electron chi connectivity index (χ2n) is 5.11. The van der Waals surface area contributed by atoms with Crippen LogP contribution in [-0.4, -0.2) is 15.7 Å². The largest absolute Gasteiger partial charge is 0.322 e. The van der Waals surface area contributed by atoms with Crippen LogP contribution < -0.4 is 5.32 Å². The van der Waals surface area contributed by atoms with Gasteiger partial charge in [0.05, 0.1) is 18.3 Å². The van der Waals surface area contributed by atoms with Gasteiger partial charge in [-0.1, -0.05) is 48.5 Å². The smallest absolute Gasteiger partial charge is 0.259 e. The molecule has 1 N–H and O–H groups in total. The van der Waals surface area contributed by atoms with Crippen LogP contribution in [0.1, 0.15) is 21.6 Å². The van der Waals surface area contributed by atoms with E-state index in [1.807, 2.05) is 72.3 Å². The highest BCUT2D eigenvalue weighted by atomic mass is 16.1. The molecule has 0 saturated carbocycles. The van der Waals surface area contributed by atoms with Gasteiger partial charge in [0, 0.05) is 11.4 Å². The molecule has 4 heteroatoms. The SMILES string of the molecule is Cc1c(C(=O)Nc2ccccc2)cnn1Cc1ccccc1. The number of carbonyl (C=O) groups excluding carboxylic acids is 1. The molecule has 22 heavy (non-hydrogen) atoms. The lowest BCUT2D eigenvalue weighted by Crippen LogP contribution is -2.13. The zero-order chi connectivity index (χ0) is 15.4. The summed E-state index contributed by atoms with van der Waals surface area (Å²) in [6.07, 6.45) is 1.62. The van der Waals surface area contributed by atoms with Crippen molar-refractivity contribution >= 4 is 11.6 Å². The highest BCUT2D eigenvalue weighted by molar-refractivity contribution is 6.04. The molecule has 1 aromatic heterocycles. The molecule has 0 aliphatic heterocycles. The zero-order valence-corrected chi connectivity index (χ0v) is 12.4. The molecule has 0 aliphatic rings. The van der Waals surface area contributed by atoms with E-state index in [9.17, 15) is 4.79 Å². The standard InChI is InChI=1S/C18H17N3O/c1-14-17(18(22)20-16-10-6-3-7-11-16)12-19-21(14)13-15-8-4-2-5-9-15/h2-12H,13H2,1H3,(H,20,22). The number of rotatable bonds is 4. The molecule has 2 aromatic carbocycles. The van der Waals surface area contributed by atoms with Crippen LogP contribution in [0.3, 0.4) is 0 Å². The Hall–Kier alpha value is -2.88. The fourth-order valence-electron chi connectivity index (χ4n) is 2.31. The number of nitrogens with zero attached hydrogens (tertiary/aromatic N) is 2. The summed E-state index contributed by atoms with van der Waals surface area (Å²) in [5.41, 5.74) is 3.39. The molecule has 110 valence electrons. The van der Waals surface area contributed by atoms with Crippen molar-refractivity contribution in [2.24, 2.45) is 0 Å². The number of para-hydroxylation sites is 1. The summed E-state index contributed by atoms with van der Waals surface area (Å²) in [4.78, 5) is 12.3. The molecule has 0 aliphatic carbocycles. The number of anilines is 1. The highest BCUT2D eigenvalue weighted by Crippen LogP contribution is 2.13. The van der Waals surface area contributed by atoms with Gasteiger partial charge in [-0.05, 0) is 24.6 Å². The first kappa shape index (κ1) is 14.1. The molecule has 3 rings (SSSR count). The van der Waals surface area contributed by atoms with E-state index in [4.69, 9.17) is 0 Å². The molecule has 0 bridgehead atoms. The van der Waals surface area contributed by atoms with E-state index in [1.165, 1.54) is 0 Å². The second-order valence-corrected chi connectivity index (χ2v) is 5.11. The Bertz CT molecular complexity index is 764. The maximum Gasteiger partial charge on any atom is 0.259 e. The van der Waals surface area contributed by atoms with Gasteiger partial charge in [0.1, 0.15) is 0 Å². The van der Waals surface area contributed by atoms with Crippen LogP contribution in [0.25, 0.3) is 0 Å². The molecule has 0 fully saturated rings. The van der Waals surface area contributed by atoms with Crippen LogP contribution in [0.5, 0.6) is 0 Å². The number of nitrogens with one attached hydrogen (secondary N) is 1. The van der Waals surface area contributed by atoms with Gasteiger partial charge in [0.2, 0.25) is 0 Å². The van der Waals surface area contributed by atoms with Crippen molar-refractivity contribution in [2.75, 3.05) is 5.32 Å². The molecule has 1 heterocycles. The molecular formula is C18H17N3O. The third-order valence-electron chi connectivity index (χ3n) is 3.55. The molecule has 0 saturated heterocycles. The summed E-state index contributed by atoms with van der Waals surface area (Å²) in [6.45, 7) is 2.57. The lowest BCUT2D eigenvalue weighted by molar-refractivity contribution is 0.102. The zero-order valence-electron chi connectivity index (χ0n) is 12.4. The van der Waals surface area contributed by atoms with Gasteiger partial charge in [0.15, 0.2) is 0 Å². The summed E-state index contributed by atoms with van der Waals surface area (Å²) in [7, 11) is 0. The number of hydrogen-bond donors (Lipinski definition) is 1. The average molecular weight is 291 g/mol. The minimum atomic E-state index is -0.136. The molecule has 0 unspecified atom stereocenters. The van der Waals surface area contributed by atoms with Crippen LogP contribution in [0.2, 0.25) is 0 Å². The van der Waals surface area contributed by atoms with Crippen LogP contribution >= 0.6 is 0 Å². The van der Waals surface area contributed by atoms with Gasteiger partial charge in [-0.25, -0.2) is 0 Å². The molecule has 0 atom stereocenters. The van der Waals surface area contributed by atoms with Crippen molar-refractivity contribution in [3.05, 3.63) is 83.7 Å². The molecule has 3 aromatic rings. The Labute approximate surface area is 129 Å². The molecular weight excluding hydrogens is 274 g/mol. The predicted octanol–water partition coefficient (Wildman–Crippen LogP) is 3.49. The number of benzene rings is 2. The van der Waals surface area contributed by atoms with Gasteiger partial charge in [0.25, 0.3) is 5.91 Å². The maximum absolute atomic E-state index is 12.3. The Balaban J connectivity index is 1.77. The summed E-state index contributed by atoms with van der Waals surface area (Å²) < 4.78 is 1.84. The average Bonchev–Trinajstić information content (AvgIpc) is 2.90. The molecule has 1 amide bonds. The van der Waals surface area contributed by atoms with E-state index in [0.717, 1.165) is 16.9 Å². The van der Waals surface area contributed by atoms with Gasteiger partial charge in [-0.2, -0.15) is 5.10 Å². The minimum Gasteiger partial charge on any atom is -0.322 e.